The molecule has 268 valence electrons. The van der Waals surface area contributed by atoms with Crippen molar-refractivity contribution < 1.29 is 28.9 Å². The fraction of sp³-hybridized carbons (Fsp3) is 0.500. The summed E-state index contributed by atoms with van der Waals surface area (Å²) in [5.74, 6) is -0.375. The van der Waals surface area contributed by atoms with Gasteiger partial charge in [0.1, 0.15) is 6.04 Å². The largest absolute Gasteiger partial charge is 0.467 e. The van der Waals surface area contributed by atoms with Crippen LogP contribution in [0.2, 0.25) is 0 Å². The zero-order valence-electron chi connectivity index (χ0n) is 29.3. The second-order valence-corrected chi connectivity index (χ2v) is 14.0. The minimum absolute atomic E-state index is 0.00545. The number of nitrogens with zero attached hydrogens (tertiary/aromatic N) is 2. The van der Waals surface area contributed by atoms with Crippen LogP contribution >= 0.6 is 0 Å². The number of hydrogen-bond acceptors (Lipinski definition) is 8. The molecule has 3 N–H and O–H groups in total. The Morgan fingerprint density at radius 2 is 1.56 bits per heavy atom. The van der Waals surface area contributed by atoms with E-state index >= 15 is 0 Å². The predicted molar refractivity (Wildman–Crippen MR) is 191 cm³/mol. The third kappa shape index (κ3) is 9.30. The number of ether oxygens (including phenoxy) is 3. The van der Waals surface area contributed by atoms with Crippen LogP contribution in [0, 0.1) is 5.92 Å². The third-order valence-electron chi connectivity index (χ3n) is 10.5. The third-order valence-corrected chi connectivity index (χ3v) is 10.5. The van der Waals surface area contributed by atoms with Gasteiger partial charge < -0.3 is 34.9 Å². The standard InChI is InChI=1S/C40H52N4O6/c1-28-36(26-44-22-8-11-34(44)25-43-20-6-7-21-43)49-39(50-37(28)32-16-14-31(27-45)15-17-32)33-18-12-30(13-19-33)24-41-40(47)42-35(38(46)48-2)23-29-9-4-3-5-10-29/h3-5,9-10,12-19,28,34-37,39,45H,6-8,11,20-27H2,1-2H3,(H2,41,42,47)/t28-,34-,35-,36+,37+,39+/m0/s1. The molecule has 0 spiro atoms. The first kappa shape index (κ1) is 36.0. The number of methoxy groups -OCH3 is 1. The fourth-order valence-electron chi connectivity index (χ4n) is 7.53. The molecule has 0 radical (unpaired) electrons. The number of rotatable bonds is 13. The van der Waals surface area contributed by atoms with Crippen LogP contribution in [0.5, 0.6) is 0 Å². The molecule has 10 heteroatoms. The highest BCUT2D eigenvalue weighted by Crippen LogP contribution is 2.42. The lowest BCUT2D eigenvalue weighted by atomic mass is 9.90. The maximum atomic E-state index is 12.8. The normalized spacial score (nSPS) is 24.9. The number of carbonyl (C=O) groups is 2. The van der Waals surface area contributed by atoms with Gasteiger partial charge >= 0.3 is 12.0 Å². The Kier molecular flexibility index (Phi) is 12.5. The summed E-state index contributed by atoms with van der Waals surface area (Å²) in [5, 5.41) is 15.2. The molecule has 3 saturated heterocycles. The lowest BCUT2D eigenvalue weighted by molar-refractivity contribution is -0.276. The fourth-order valence-corrected chi connectivity index (χ4v) is 7.53. The van der Waals surface area contributed by atoms with E-state index in [2.05, 4.69) is 39.5 Å². The Morgan fingerprint density at radius 1 is 0.860 bits per heavy atom. The SMILES string of the molecule is COC(=O)[C@H](Cc1ccccc1)NC(=O)NCc1ccc([C@@H]2O[C@H](CN3CCC[C@H]3CN3CCCC3)[C@H](C)[C@H](c3ccc(CO)cc3)O2)cc1. The molecule has 0 unspecified atom stereocenters. The number of urea groups is 1. The van der Waals surface area contributed by atoms with Crippen LogP contribution in [0.3, 0.4) is 0 Å². The smallest absolute Gasteiger partial charge is 0.328 e. The number of carbonyl (C=O) groups excluding carboxylic acids is 2. The summed E-state index contributed by atoms with van der Waals surface area (Å²) in [6.45, 7) is 8.02. The minimum Gasteiger partial charge on any atom is -0.467 e. The Labute approximate surface area is 296 Å². The Bertz CT molecular complexity index is 1520. The zero-order chi connectivity index (χ0) is 34.9. The van der Waals surface area contributed by atoms with E-state index in [1.165, 1.54) is 45.9 Å². The number of benzene rings is 3. The van der Waals surface area contributed by atoms with E-state index in [0.29, 0.717) is 12.5 Å². The molecule has 3 heterocycles. The molecular formula is C40H52N4O6. The van der Waals surface area contributed by atoms with Crippen molar-refractivity contribution in [1.82, 2.24) is 20.4 Å². The van der Waals surface area contributed by atoms with Gasteiger partial charge in [0.25, 0.3) is 0 Å². The lowest BCUT2D eigenvalue weighted by Gasteiger charge is -2.43. The number of aliphatic hydroxyl groups is 1. The molecule has 3 aromatic carbocycles. The molecule has 0 aliphatic carbocycles. The van der Waals surface area contributed by atoms with E-state index in [0.717, 1.165) is 47.5 Å². The van der Waals surface area contributed by atoms with Crippen molar-refractivity contribution in [3.8, 4) is 0 Å². The Hall–Kier alpha value is -3.80. The van der Waals surface area contributed by atoms with Crippen LogP contribution in [-0.2, 0) is 38.6 Å². The van der Waals surface area contributed by atoms with Crippen molar-refractivity contribution in [3.05, 3.63) is 107 Å². The number of nitrogens with one attached hydrogen (secondary N) is 2. The highest BCUT2D eigenvalue weighted by atomic mass is 16.7. The van der Waals surface area contributed by atoms with Crippen molar-refractivity contribution in [1.29, 1.82) is 0 Å². The van der Waals surface area contributed by atoms with E-state index in [-0.39, 0.29) is 31.3 Å². The van der Waals surface area contributed by atoms with Gasteiger partial charge in [-0.25, -0.2) is 9.59 Å². The van der Waals surface area contributed by atoms with Gasteiger partial charge in [-0.15, -0.1) is 0 Å². The quantitative estimate of drug-likeness (QED) is 0.213. The van der Waals surface area contributed by atoms with Gasteiger partial charge in [-0.1, -0.05) is 85.8 Å². The predicted octanol–water partition coefficient (Wildman–Crippen LogP) is 5.11. The van der Waals surface area contributed by atoms with Gasteiger partial charge in [-0.3, -0.25) is 4.90 Å². The summed E-state index contributed by atoms with van der Waals surface area (Å²) < 4.78 is 18.4. The first-order valence-corrected chi connectivity index (χ1v) is 18.1. The average molecular weight is 685 g/mol. The second kappa shape index (κ2) is 17.4. The molecular weight excluding hydrogens is 632 g/mol. The van der Waals surface area contributed by atoms with Crippen LogP contribution in [0.4, 0.5) is 4.79 Å². The molecule has 0 saturated carbocycles. The first-order valence-electron chi connectivity index (χ1n) is 18.1. The summed E-state index contributed by atoms with van der Waals surface area (Å²) in [6.07, 6.45) is 4.63. The lowest BCUT2D eigenvalue weighted by Crippen LogP contribution is -2.48. The van der Waals surface area contributed by atoms with Crippen molar-refractivity contribution in [2.24, 2.45) is 5.92 Å². The molecule has 0 aromatic heterocycles. The van der Waals surface area contributed by atoms with Crippen LogP contribution in [0.25, 0.3) is 0 Å². The van der Waals surface area contributed by atoms with Crippen LogP contribution in [0.1, 0.15) is 72.8 Å². The van der Waals surface area contributed by atoms with Gasteiger partial charge in [0, 0.05) is 43.6 Å². The number of likely N-dealkylation sites (tertiary alicyclic amines) is 2. The summed E-state index contributed by atoms with van der Waals surface area (Å²) in [7, 11) is 1.32. The maximum absolute atomic E-state index is 12.8. The molecule has 3 aromatic rings. The Balaban J connectivity index is 1.11. The van der Waals surface area contributed by atoms with Gasteiger partial charge in [0.15, 0.2) is 6.29 Å². The van der Waals surface area contributed by atoms with E-state index in [1.54, 1.807) is 0 Å². The molecule has 3 fully saturated rings. The topological polar surface area (TPSA) is 113 Å². The van der Waals surface area contributed by atoms with Gasteiger partial charge in [-0.2, -0.15) is 0 Å². The van der Waals surface area contributed by atoms with E-state index in [1.807, 2.05) is 66.7 Å². The summed E-state index contributed by atoms with van der Waals surface area (Å²) >= 11 is 0. The highest BCUT2D eigenvalue weighted by Gasteiger charge is 2.41. The maximum Gasteiger partial charge on any atom is 0.328 e. The molecule has 0 bridgehead atoms. The van der Waals surface area contributed by atoms with Gasteiger partial charge in [-0.05, 0) is 67.6 Å². The summed E-state index contributed by atoms with van der Waals surface area (Å²) in [5.41, 5.74) is 4.69. The summed E-state index contributed by atoms with van der Waals surface area (Å²) in [6, 6.07) is 24.8. The second-order valence-electron chi connectivity index (χ2n) is 14.0. The van der Waals surface area contributed by atoms with E-state index in [4.69, 9.17) is 14.2 Å². The zero-order valence-corrected chi connectivity index (χ0v) is 29.3. The molecule has 10 nitrogen and oxygen atoms in total. The number of hydrogen-bond donors (Lipinski definition) is 3. The molecule has 2 amide bonds. The summed E-state index contributed by atoms with van der Waals surface area (Å²) in [4.78, 5) is 30.4. The van der Waals surface area contributed by atoms with Crippen molar-refractivity contribution in [2.75, 3.05) is 39.8 Å². The molecule has 3 aliphatic rings. The van der Waals surface area contributed by atoms with Crippen molar-refractivity contribution in [2.45, 2.75) is 82.8 Å². The van der Waals surface area contributed by atoms with Gasteiger partial charge in [0.2, 0.25) is 0 Å². The monoisotopic (exact) mass is 684 g/mol. The highest BCUT2D eigenvalue weighted by molar-refractivity contribution is 5.83. The first-order chi connectivity index (χ1) is 24.4. The van der Waals surface area contributed by atoms with Gasteiger partial charge in [0.05, 0.1) is 25.9 Å². The number of aliphatic hydroxyl groups excluding tert-OH is 1. The van der Waals surface area contributed by atoms with Crippen LogP contribution < -0.4 is 10.6 Å². The van der Waals surface area contributed by atoms with Crippen LogP contribution in [0.15, 0.2) is 78.9 Å². The Morgan fingerprint density at radius 3 is 2.26 bits per heavy atom. The minimum atomic E-state index is -0.801. The number of amides is 2. The van der Waals surface area contributed by atoms with E-state index < -0.39 is 24.3 Å². The molecule has 6 atom stereocenters. The van der Waals surface area contributed by atoms with Crippen LogP contribution in [-0.4, -0.2) is 84.9 Å². The van der Waals surface area contributed by atoms with Crippen molar-refractivity contribution in [3.63, 3.8) is 0 Å². The molecule has 6 rings (SSSR count). The molecule has 50 heavy (non-hydrogen) atoms. The van der Waals surface area contributed by atoms with Crippen molar-refractivity contribution >= 4 is 12.0 Å². The van der Waals surface area contributed by atoms with E-state index in [9.17, 15) is 14.7 Å². The average Bonchev–Trinajstić information content (AvgIpc) is 3.84. The molecule has 3 aliphatic heterocycles. The number of esters is 1.